The van der Waals surface area contributed by atoms with Crippen LogP contribution in [0.5, 0.6) is 0 Å². The second-order valence-corrected chi connectivity index (χ2v) is 2.19. The molecule has 0 aliphatic carbocycles. The van der Waals surface area contributed by atoms with Crippen LogP contribution in [0, 0.1) is 0 Å². The molecular weight excluding hydrogens is 170 g/mol. The van der Waals surface area contributed by atoms with Crippen LogP contribution in [0.2, 0.25) is 0 Å². The molecule has 0 aliphatic rings. The number of hydrogen-bond acceptors (Lipinski definition) is 2. The molecule has 1 aromatic carbocycles. The van der Waals surface area contributed by atoms with Crippen LogP contribution >= 0.6 is 0 Å². The van der Waals surface area contributed by atoms with Gasteiger partial charge in [-0.3, -0.25) is 9.59 Å². The number of carboxylic acid groups (broad SMARTS) is 1. The Morgan fingerprint density at radius 2 is 1.85 bits per heavy atom. The van der Waals surface area contributed by atoms with Crippen LogP contribution in [0.3, 0.4) is 0 Å². The maximum absolute atomic E-state index is 10.2. The molecule has 0 radical (unpaired) electrons. The average molecular weight is 181 g/mol. The monoisotopic (exact) mass is 181 g/mol. The Balaban J connectivity index is 0.000000424. The van der Waals surface area contributed by atoms with E-state index in [4.69, 9.17) is 9.90 Å². The van der Waals surface area contributed by atoms with Gasteiger partial charge >= 0.3 is 5.97 Å². The summed E-state index contributed by atoms with van der Waals surface area (Å²) in [7, 11) is 0. The van der Waals surface area contributed by atoms with Gasteiger partial charge in [0.2, 0.25) is 6.41 Å². The van der Waals surface area contributed by atoms with Crippen LogP contribution in [0.4, 0.5) is 0 Å². The molecule has 0 saturated carbocycles. The van der Waals surface area contributed by atoms with Crippen LogP contribution < -0.4 is 5.73 Å². The highest BCUT2D eigenvalue weighted by atomic mass is 16.4. The Kier molecular flexibility index (Phi) is 5.88. The average Bonchev–Trinajstić information content (AvgIpc) is 2.06. The van der Waals surface area contributed by atoms with Gasteiger partial charge in [-0.05, 0) is 5.56 Å². The molecule has 0 fully saturated rings. The zero-order valence-electron chi connectivity index (χ0n) is 7.01. The van der Waals surface area contributed by atoms with Gasteiger partial charge in [-0.2, -0.15) is 0 Å². The summed E-state index contributed by atoms with van der Waals surface area (Å²) in [5, 5.41) is 8.37. The molecule has 0 aliphatic heterocycles. The lowest BCUT2D eigenvalue weighted by Gasteiger charge is -1.92. The molecule has 4 nitrogen and oxygen atoms in total. The van der Waals surface area contributed by atoms with Crippen LogP contribution in [-0.4, -0.2) is 17.5 Å². The third kappa shape index (κ3) is 6.55. The van der Waals surface area contributed by atoms with Gasteiger partial charge in [-0.1, -0.05) is 30.3 Å². The minimum atomic E-state index is -0.786. The number of carbonyl (C=O) groups excluding carboxylic acids is 1. The molecule has 0 bridgehead atoms. The first kappa shape index (κ1) is 11.2. The van der Waals surface area contributed by atoms with E-state index >= 15 is 0 Å². The molecule has 13 heavy (non-hydrogen) atoms. The van der Waals surface area contributed by atoms with Crippen molar-refractivity contribution < 1.29 is 14.7 Å². The van der Waals surface area contributed by atoms with Crippen molar-refractivity contribution in [3.8, 4) is 0 Å². The van der Waals surface area contributed by atoms with E-state index in [-0.39, 0.29) is 12.8 Å². The Labute approximate surface area is 76.0 Å². The van der Waals surface area contributed by atoms with Gasteiger partial charge in [-0.15, -0.1) is 0 Å². The van der Waals surface area contributed by atoms with Gasteiger partial charge in [0.15, 0.2) is 0 Å². The fourth-order valence-corrected chi connectivity index (χ4v) is 0.770. The molecule has 4 heteroatoms. The number of hydrogen-bond donors (Lipinski definition) is 2. The zero-order chi connectivity index (χ0) is 10.1. The van der Waals surface area contributed by atoms with Crippen molar-refractivity contribution in [2.45, 2.75) is 6.42 Å². The van der Waals surface area contributed by atoms with E-state index in [0.717, 1.165) is 5.56 Å². The smallest absolute Gasteiger partial charge is 0.307 e. The Morgan fingerprint density at radius 1 is 1.38 bits per heavy atom. The summed E-state index contributed by atoms with van der Waals surface area (Å²) < 4.78 is 0. The summed E-state index contributed by atoms with van der Waals surface area (Å²) in [6.45, 7) is 0. The molecule has 1 rings (SSSR count). The molecule has 70 valence electrons. The largest absolute Gasteiger partial charge is 0.481 e. The Hall–Kier alpha value is -1.84. The number of benzene rings is 1. The minimum absolute atomic E-state index is 0.112. The standard InChI is InChI=1S/C8H8O2.CH3NO/c9-8(10)6-7-4-2-1-3-5-7;2-1-3/h1-5H,6H2,(H,9,10);1H,(H2,2,3). The minimum Gasteiger partial charge on any atom is -0.481 e. The van der Waals surface area contributed by atoms with Gasteiger partial charge in [0.25, 0.3) is 0 Å². The predicted molar refractivity (Wildman–Crippen MR) is 48.0 cm³/mol. The lowest BCUT2D eigenvalue weighted by atomic mass is 10.2. The molecule has 0 heterocycles. The molecule has 0 aromatic heterocycles. The van der Waals surface area contributed by atoms with Crippen molar-refractivity contribution in [1.82, 2.24) is 0 Å². The maximum atomic E-state index is 10.2. The third-order valence-electron chi connectivity index (χ3n) is 1.20. The molecule has 3 N–H and O–H groups in total. The first-order chi connectivity index (χ1) is 6.20. The number of primary amides is 1. The van der Waals surface area contributed by atoms with Crippen LogP contribution in [0.15, 0.2) is 30.3 Å². The fourth-order valence-electron chi connectivity index (χ4n) is 0.770. The van der Waals surface area contributed by atoms with Gasteiger partial charge in [0.05, 0.1) is 6.42 Å². The van der Waals surface area contributed by atoms with Gasteiger partial charge in [0.1, 0.15) is 0 Å². The highest BCUT2D eigenvalue weighted by Crippen LogP contribution is 1.98. The van der Waals surface area contributed by atoms with Crippen molar-refractivity contribution in [2.75, 3.05) is 0 Å². The molecular formula is C9H11NO3. The van der Waals surface area contributed by atoms with E-state index in [2.05, 4.69) is 5.73 Å². The highest BCUT2D eigenvalue weighted by molar-refractivity contribution is 5.70. The van der Waals surface area contributed by atoms with E-state index in [1.165, 1.54) is 0 Å². The fraction of sp³-hybridized carbons (Fsp3) is 0.111. The summed E-state index contributed by atoms with van der Waals surface area (Å²) in [5.41, 5.74) is 5.01. The first-order valence-electron chi connectivity index (χ1n) is 3.61. The summed E-state index contributed by atoms with van der Waals surface area (Å²) in [6.07, 6.45) is 0.362. The summed E-state index contributed by atoms with van der Waals surface area (Å²) in [6, 6.07) is 9.13. The number of nitrogens with two attached hydrogens (primary N) is 1. The molecule has 1 aromatic rings. The van der Waals surface area contributed by atoms with Crippen molar-refractivity contribution >= 4 is 12.4 Å². The lowest BCUT2D eigenvalue weighted by Crippen LogP contribution is -1.98. The predicted octanol–water partition coefficient (Wildman–Crippen LogP) is 0.415. The van der Waals surface area contributed by atoms with Crippen molar-refractivity contribution in [3.63, 3.8) is 0 Å². The maximum Gasteiger partial charge on any atom is 0.307 e. The third-order valence-corrected chi connectivity index (χ3v) is 1.20. The molecule has 0 saturated heterocycles. The number of carboxylic acids is 1. The van der Waals surface area contributed by atoms with Gasteiger partial charge < -0.3 is 10.8 Å². The van der Waals surface area contributed by atoms with Crippen LogP contribution in [-0.2, 0) is 16.0 Å². The molecule has 1 amide bonds. The number of amides is 1. The van der Waals surface area contributed by atoms with E-state index in [9.17, 15) is 4.79 Å². The molecule has 0 atom stereocenters. The lowest BCUT2D eigenvalue weighted by molar-refractivity contribution is -0.136. The second-order valence-electron chi connectivity index (χ2n) is 2.19. The summed E-state index contributed by atoms with van der Waals surface area (Å²) in [4.78, 5) is 18.8. The normalized spacial score (nSPS) is 8.00. The Bertz CT molecular complexity index is 259. The first-order valence-corrected chi connectivity index (χ1v) is 3.61. The van der Waals surface area contributed by atoms with Crippen LogP contribution in [0.25, 0.3) is 0 Å². The van der Waals surface area contributed by atoms with Crippen LogP contribution in [0.1, 0.15) is 5.56 Å². The van der Waals surface area contributed by atoms with E-state index in [1.54, 1.807) is 12.1 Å². The highest BCUT2D eigenvalue weighted by Gasteiger charge is 1.96. The molecule has 0 spiro atoms. The van der Waals surface area contributed by atoms with Gasteiger partial charge in [-0.25, -0.2) is 0 Å². The Morgan fingerprint density at radius 3 is 2.23 bits per heavy atom. The second kappa shape index (κ2) is 6.84. The topological polar surface area (TPSA) is 80.4 Å². The van der Waals surface area contributed by atoms with Crippen molar-refractivity contribution in [2.24, 2.45) is 5.73 Å². The van der Waals surface area contributed by atoms with E-state index in [1.807, 2.05) is 18.2 Å². The summed E-state index contributed by atoms with van der Waals surface area (Å²) >= 11 is 0. The quantitative estimate of drug-likeness (QED) is 0.648. The van der Waals surface area contributed by atoms with Gasteiger partial charge in [0, 0.05) is 0 Å². The number of carbonyl (C=O) groups is 2. The van der Waals surface area contributed by atoms with Crippen molar-refractivity contribution in [1.29, 1.82) is 0 Å². The van der Waals surface area contributed by atoms with E-state index in [0.29, 0.717) is 0 Å². The van der Waals surface area contributed by atoms with E-state index < -0.39 is 5.97 Å². The number of aliphatic carboxylic acids is 1. The summed E-state index contributed by atoms with van der Waals surface area (Å²) in [5.74, 6) is -0.786. The zero-order valence-corrected chi connectivity index (χ0v) is 7.01. The SMILES string of the molecule is NC=O.O=C(O)Cc1ccccc1. The van der Waals surface area contributed by atoms with Crippen molar-refractivity contribution in [3.05, 3.63) is 35.9 Å². The number of rotatable bonds is 2. The molecule has 0 unspecified atom stereocenters.